The Balaban J connectivity index is 1.72. The summed E-state index contributed by atoms with van der Waals surface area (Å²) in [7, 11) is 2.23. The molecule has 1 aliphatic rings. The van der Waals surface area contributed by atoms with Gasteiger partial charge in [-0.25, -0.2) is 4.98 Å². The molecule has 6 heteroatoms. The Labute approximate surface area is 152 Å². The number of halogens is 1. The summed E-state index contributed by atoms with van der Waals surface area (Å²) >= 11 is 6.40. The predicted molar refractivity (Wildman–Crippen MR) is 100 cm³/mol. The summed E-state index contributed by atoms with van der Waals surface area (Å²) < 4.78 is 2.12. The van der Waals surface area contributed by atoms with E-state index in [2.05, 4.69) is 32.6 Å². The summed E-state index contributed by atoms with van der Waals surface area (Å²) in [6.45, 7) is 4.24. The lowest BCUT2D eigenvalue weighted by Gasteiger charge is -2.27. The Morgan fingerprint density at radius 2 is 1.92 bits per heavy atom. The van der Waals surface area contributed by atoms with E-state index in [1.807, 2.05) is 48.8 Å². The highest BCUT2D eigenvalue weighted by Crippen LogP contribution is 2.25. The van der Waals surface area contributed by atoms with Crippen LogP contribution < -0.4 is 9.30 Å². The number of nitrogens with zero attached hydrogens (tertiary/aromatic N) is 3. The molecule has 128 valence electrons. The lowest BCUT2D eigenvalue weighted by molar-refractivity contribution is -0.884. The molecule has 0 amide bonds. The molecule has 0 bridgehead atoms. The van der Waals surface area contributed by atoms with Crippen molar-refractivity contribution < 1.29 is 9.30 Å². The van der Waals surface area contributed by atoms with E-state index in [1.165, 1.54) is 0 Å². The summed E-state index contributed by atoms with van der Waals surface area (Å²) in [4.78, 5) is 5.06. The monoisotopic (exact) mass is 355 g/mol. The number of likely N-dealkylation sites (N-methyl/N-ethyl adjacent to an activating group) is 1. The summed E-state index contributed by atoms with van der Waals surface area (Å²) in [6, 6.07) is 14.0. The van der Waals surface area contributed by atoms with E-state index in [-0.39, 0.29) is 0 Å². The third-order valence-electron chi connectivity index (χ3n) is 4.70. The average molecular weight is 356 g/mol. The summed E-state index contributed by atoms with van der Waals surface area (Å²) in [5, 5.41) is 7.56. The van der Waals surface area contributed by atoms with Gasteiger partial charge >= 0.3 is 0 Å². The third kappa shape index (κ3) is 3.25. The van der Waals surface area contributed by atoms with E-state index in [0.29, 0.717) is 0 Å². The predicted octanol–water partition coefficient (Wildman–Crippen LogP) is 1.24. The van der Waals surface area contributed by atoms with Gasteiger partial charge in [-0.2, -0.15) is 9.50 Å². The van der Waals surface area contributed by atoms with Gasteiger partial charge in [-0.3, -0.25) is 5.01 Å². The topological polar surface area (TPSA) is 39.9 Å². The van der Waals surface area contributed by atoms with Crippen LogP contribution in [0.4, 0.5) is 0 Å². The number of imidazole rings is 1. The molecule has 1 fully saturated rings. The molecule has 0 spiro atoms. The first-order valence-corrected chi connectivity index (χ1v) is 8.97. The summed E-state index contributed by atoms with van der Waals surface area (Å²) in [6.07, 6.45) is 3.97. The van der Waals surface area contributed by atoms with Crippen LogP contribution in [0.5, 0.6) is 0 Å². The molecule has 4 rings (SSSR count). The minimum absolute atomic E-state index is 0.729. The van der Waals surface area contributed by atoms with Crippen molar-refractivity contribution in [1.29, 1.82) is 0 Å². The van der Waals surface area contributed by atoms with Crippen LogP contribution >= 0.6 is 11.6 Å². The first-order chi connectivity index (χ1) is 12.2. The van der Waals surface area contributed by atoms with Crippen molar-refractivity contribution in [1.82, 2.24) is 9.99 Å². The van der Waals surface area contributed by atoms with Crippen molar-refractivity contribution >= 4 is 23.3 Å². The maximum Gasteiger partial charge on any atom is 0.293 e. The number of H-pyrrole nitrogens is 1. The van der Waals surface area contributed by atoms with E-state index in [1.54, 1.807) is 4.90 Å². The van der Waals surface area contributed by atoms with Crippen LogP contribution in [0.25, 0.3) is 16.9 Å². The SMILES string of the molecule is C[NH+]1CCN(/N=C/c2[nH]c(-c3ccccc3Cl)[n+]3ccccc23)CC1. The number of pyridine rings is 1. The van der Waals surface area contributed by atoms with Crippen molar-refractivity contribution in [3.63, 3.8) is 0 Å². The number of hydrogen-bond donors (Lipinski definition) is 2. The Morgan fingerprint density at radius 3 is 2.72 bits per heavy atom. The molecule has 0 unspecified atom stereocenters. The average Bonchev–Trinajstić information content (AvgIpc) is 3.00. The molecule has 0 radical (unpaired) electrons. The van der Waals surface area contributed by atoms with Crippen LogP contribution in [-0.2, 0) is 0 Å². The molecule has 0 saturated carbocycles. The van der Waals surface area contributed by atoms with Gasteiger partial charge < -0.3 is 4.90 Å². The lowest BCUT2D eigenvalue weighted by Crippen LogP contribution is -3.11. The van der Waals surface area contributed by atoms with Crippen molar-refractivity contribution in [3.05, 3.63) is 59.4 Å². The van der Waals surface area contributed by atoms with Gasteiger partial charge in [0.1, 0.15) is 0 Å². The van der Waals surface area contributed by atoms with Gasteiger partial charge in [-0.1, -0.05) is 29.8 Å². The number of aromatic amines is 1. The zero-order chi connectivity index (χ0) is 17.2. The Hall–Kier alpha value is -2.37. The summed E-state index contributed by atoms with van der Waals surface area (Å²) in [5.41, 5.74) is 3.05. The summed E-state index contributed by atoms with van der Waals surface area (Å²) in [5.74, 6) is 0.963. The van der Waals surface area contributed by atoms with Gasteiger partial charge in [0.15, 0.2) is 11.2 Å². The van der Waals surface area contributed by atoms with Crippen LogP contribution in [0, 0.1) is 0 Å². The van der Waals surface area contributed by atoms with Crippen molar-refractivity contribution in [2.45, 2.75) is 0 Å². The van der Waals surface area contributed by atoms with Gasteiger partial charge in [0.25, 0.3) is 5.82 Å². The zero-order valence-corrected chi connectivity index (χ0v) is 15.0. The molecular weight excluding hydrogens is 334 g/mol. The number of piperazine rings is 1. The molecule has 2 N–H and O–H groups in total. The molecule has 25 heavy (non-hydrogen) atoms. The van der Waals surface area contributed by atoms with Gasteiger partial charge in [-0.15, -0.1) is 0 Å². The van der Waals surface area contributed by atoms with Gasteiger partial charge in [-0.05, 0) is 24.3 Å². The maximum atomic E-state index is 6.40. The van der Waals surface area contributed by atoms with Crippen LogP contribution in [-0.4, -0.2) is 49.4 Å². The van der Waals surface area contributed by atoms with Crippen LogP contribution in [0.2, 0.25) is 5.02 Å². The third-order valence-corrected chi connectivity index (χ3v) is 5.03. The second-order valence-corrected chi connectivity index (χ2v) is 6.89. The maximum absolute atomic E-state index is 6.40. The number of hydrogen-bond acceptors (Lipinski definition) is 2. The number of rotatable bonds is 3. The van der Waals surface area contributed by atoms with Gasteiger partial charge in [0, 0.05) is 0 Å². The largest absolute Gasteiger partial charge is 0.334 e. The molecule has 1 aliphatic heterocycles. The van der Waals surface area contributed by atoms with E-state index < -0.39 is 0 Å². The highest BCUT2D eigenvalue weighted by molar-refractivity contribution is 6.33. The lowest BCUT2D eigenvalue weighted by atomic mass is 10.2. The number of benzene rings is 1. The highest BCUT2D eigenvalue weighted by Gasteiger charge is 2.21. The Kier molecular flexibility index (Phi) is 4.42. The number of hydrazone groups is 1. The van der Waals surface area contributed by atoms with Crippen molar-refractivity contribution in [2.75, 3.05) is 33.2 Å². The molecule has 3 aromatic rings. The standard InChI is InChI=1S/C19H20ClN5/c1-23-10-12-24(13-11-23)21-14-17-18-8-4-5-9-25(18)19(22-17)15-6-2-3-7-16(15)20/h2-9,14H,10-13H2,1H3/p+2/b21-14+. The van der Waals surface area contributed by atoms with Crippen LogP contribution in [0.3, 0.4) is 0 Å². The number of quaternary nitrogens is 1. The van der Waals surface area contributed by atoms with Crippen LogP contribution in [0.15, 0.2) is 53.8 Å². The Morgan fingerprint density at radius 1 is 1.16 bits per heavy atom. The molecule has 1 aromatic carbocycles. The van der Waals surface area contributed by atoms with E-state index in [4.69, 9.17) is 11.6 Å². The highest BCUT2D eigenvalue weighted by atomic mass is 35.5. The molecule has 0 aliphatic carbocycles. The van der Waals surface area contributed by atoms with Crippen LogP contribution in [0.1, 0.15) is 5.69 Å². The number of aromatic nitrogens is 2. The fraction of sp³-hybridized carbons (Fsp3) is 0.263. The van der Waals surface area contributed by atoms with E-state index >= 15 is 0 Å². The normalized spacial score (nSPS) is 16.2. The second kappa shape index (κ2) is 6.86. The minimum Gasteiger partial charge on any atom is -0.334 e. The number of nitrogens with one attached hydrogen (secondary N) is 2. The van der Waals surface area contributed by atoms with E-state index in [0.717, 1.165) is 53.8 Å². The first kappa shape index (κ1) is 16.1. The Bertz CT molecular complexity index is 909. The quantitative estimate of drug-likeness (QED) is 0.538. The molecule has 5 nitrogen and oxygen atoms in total. The van der Waals surface area contributed by atoms with Gasteiger partial charge in [0.05, 0.1) is 56.2 Å². The first-order valence-electron chi connectivity index (χ1n) is 8.60. The second-order valence-electron chi connectivity index (χ2n) is 6.48. The number of fused-ring (bicyclic) bond motifs is 1. The van der Waals surface area contributed by atoms with E-state index in [9.17, 15) is 0 Å². The molecule has 0 atom stereocenters. The molecular formula is C19H22ClN5+2. The molecule has 2 aromatic heterocycles. The fourth-order valence-corrected chi connectivity index (χ4v) is 3.41. The minimum atomic E-state index is 0.729. The molecule has 3 heterocycles. The smallest absolute Gasteiger partial charge is 0.293 e. The van der Waals surface area contributed by atoms with Crippen molar-refractivity contribution in [2.24, 2.45) is 5.10 Å². The fourth-order valence-electron chi connectivity index (χ4n) is 3.19. The zero-order valence-electron chi connectivity index (χ0n) is 14.2. The van der Waals surface area contributed by atoms with Crippen molar-refractivity contribution in [3.8, 4) is 11.4 Å². The molecule has 1 saturated heterocycles. The van der Waals surface area contributed by atoms with Gasteiger partial charge in [0.2, 0.25) is 0 Å².